The van der Waals surface area contributed by atoms with Crippen LogP contribution < -0.4 is 10.1 Å². The number of carbonyl (C=O) groups is 1. The lowest BCUT2D eigenvalue weighted by Gasteiger charge is -2.14. The summed E-state index contributed by atoms with van der Waals surface area (Å²) in [6.45, 7) is 4.39. The van der Waals surface area contributed by atoms with Gasteiger partial charge in [-0.3, -0.25) is 4.79 Å². The van der Waals surface area contributed by atoms with Crippen LogP contribution in [0.5, 0.6) is 5.75 Å². The number of hydrogen-bond donors (Lipinski definition) is 1. The highest BCUT2D eigenvalue weighted by Crippen LogP contribution is 2.25. The van der Waals surface area contributed by atoms with Crippen LogP contribution in [0.1, 0.15) is 29.8 Å². The molecule has 0 atom stereocenters. The molecular weight excluding hydrogens is 444 g/mol. The molecule has 2 rings (SSSR count). The quantitative estimate of drug-likeness (QED) is 0.643. The number of hydrogen-bond acceptors (Lipinski definition) is 4. The van der Waals surface area contributed by atoms with Crippen LogP contribution in [0.25, 0.3) is 0 Å². The number of ether oxygens (including phenoxy) is 1. The van der Waals surface area contributed by atoms with E-state index in [1.807, 2.05) is 38.1 Å². The van der Waals surface area contributed by atoms with Gasteiger partial charge < -0.3 is 10.1 Å². The molecular formula is C20H25BrN2O4S. The molecule has 0 bridgehead atoms. The largest absolute Gasteiger partial charge is 0.491 e. The Labute approximate surface area is 175 Å². The van der Waals surface area contributed by atoms with Crippen molar-refractivity contribution in [3.05, 3.63) is 58.1 Å². The molecule has 6 nitrogen and oxygen atoms in total. The van der Waals surface area contributed by atoms with Crippen LogP contribution in [0.15, 0.2) is 51.8 Å². The van der Waals surface area contributed by atoms with E-state index in [1.54, 1.807) is 12.1 Å². The lowest BCUT2D eigenvalue weighted by atomic mass is 10.1. The van der Waals surface area contributed by atoms with Gasteiger partial charge in [-0.15, -0.1) is 0 Å². The van der Waals surface area contributed by atoms with Crippen molar-refractivity contribution in [1.82, 2.24) is 9.62 Å². The Morgan fingerprint density at radius 2 is 1.79 bits per heavy atom. The van der Waals surface area contributed by atoms with Gasteiger partial charge >= 0.3 is 0 Å². The normalized spacial score (nSPS) is 11.7. The minimum atomic E-state index is -3.65. The standard InChI is InChI=1S/C20H25BrN2O4S/c1-14(2)27-17-8-5-15(6-9-17)11-12-22-20(24)16-7-10-18(21)19(13-16)28(25,26)23(3)4/h5-10,13-14H,11-12H2,1-4H3,(H,22,24). The molecule has 0 unspecified atom stereocenters. The number of rotatable bonds is 8. The van der Waals surface area contributed by atoms with Gasteiger partial charge in [0, 0.05) is 30.7 Å². The Bertz CT molecular complexity index is 926. The Morgan fingerprint density at radius 3 is 2.36 bits per heavy atom. The highest BCUT2D eigenvalue weighted by Gasteiger charge is 2.22. The summed E-state index contributed by atoms with van der Waals surface area (Å²) in [6, 6.07) is 12.3. The van der Waals surface area contributed by atoms with Crippen LogP contribution >= 0.6 is 15.9 Å². The molecule has 0 saturated carbocycles. The van der Waals surface area contributed by atoms with Gasteiger partial charge in [0.15, 0.2) is 0 Å². The van der Waals surface area contributed by atoms with Gasteiger partial charge in [0.2, 0.25) is 10.0 Å². The van der Waals surface area contributed by atoms with E-state index in [0.717, 1.165) is 15.6 Å². The minimum absolute atomic E-state index is 0.0610. The second-order valence-electron chi connectivity index (χ2n) is 6.75. The van der Waals surface area contributed by atoms with Crippen LogP contribution in [0, 0.1) is 0 Å². The topological polar surface area (TPSA) is 75.7 Å². The summed E-state index contributed by atoms with van der Waals surface area (Å²) in [6.07, 6.45) is 0.782. The van der Waals surface area contributed by atoms with Crippen molar-refractivity contribution in [2.24, 2.45) is 0 Å². The third-order valence-corrected chi connectivity index (χ3v) is 6.76. The van der Waals surface area contributed by atoms with Crippen LogP contribution in [-0.4, -0.2) is 45.4 Å². The van der Waals surface area contributed by atoms with Crippen molar-refractivity contribution in [1.29, 1.82) is 0 Å². The molecule has 0 aromatic heterocycles. The summed E-state index contributed by atoms with van der Waals surface area (Å²) in [5.41, 5.74) is 1.37. The summed E-state index contributed by atoms with van der Waals surface area (Å²) in [4.78, 5) is 12.5. The Balaban J connectivity index is 2.00. The Hall–Kier alpha value is -1.90. The minimum Gasteiger partial charge on any atom is -0.491 e. The molecule has 1 amide bonds. The maximum Gasteiger partial charge on any atom is 0.251 e. The molecule has 2 aromatic carbocycles. The van der Waals surface area contributed by atoms with Gasteiger partial charge in [0.05, 0.1) is 11.0 Å². The van der Waals surface area contributed by atoms with Crippen molar-refractivity contribution < 1.29 is 17.9 Å². The second kappa shape index (κ2) is 9.54. The fraction of sp³-hybridized carbons (Fsp3) is 0.350. The van der Waals surface area contributed by atoms with Crippen molar-refractivity contribution in [3.63, 3.8) is 0 Å². The molecule has 0 saturated heterocycles. The third-order valence-electron chi connectivity index (χ3n) is 3.95. The molecule has 0 fully saturated rings. The maximum atomic E-state index is 12.4. The van der Waals surface area contributed by atoms with Crippen molar-refractivity contribution in [2.45, 2.75) is 31.3 Å². The second-order valence-corrected chi connectivity index (χ2v) is 9.72. The van der Waals surface area contributed by atoms with E-state index < -0.39 is 10.0 Å². The third kappa shape index (κ3) is 5.80. The summed E-state index contributed by atoms with van der Waals surface area (Å²) in [5, 5.41) is 2.83. The first-order valence-corrected chi connectivity index (χ1v) is 11.1. The molecule has 152 valence electrons. The molecule has 0 spiro atoms. The van der Waals surface area contributed by atoms with E-state index in [0.29, 0.717) is 23.0 Å². The zero-order chi connectivity index (χ0) is 20.9. The number of amides is 1. The van der Waals surface area contributed by atoms with E-state index in [2.05, 4.69) is 21.2 Å². The van der Waals surface area contributed by atoms with Gasteiger partial charge in [0.25, 0.3) is 5.91 Å². The molecule has 0 aliphatic rings. The maximum absolute atomic E-state index is 12.4. The summed E-state index contributed by atoms with van der Waals surface area (Å²) < 4.78 is 31.9. The number of nitrogens with one attached hydrogen (secondary N) is 1. The average Bonchev–Trinajstić information content (AvgIpc) is 2.62. The zero-order valence-corrected chi connectivity index (χ0v) is 18.8. The summed E-state index contributed by atoms with van der Waals surface area (Å²) in [5.74, 6) is 0.495. The van der Waals surface area contributed by atoms with E-state index in [9.17, 15) is 13.2 Å². The summed E-state index contributed by atoms with van der Waals surface area (Å²) >= 11 is 3.24. The number of benzene rings is 2. The van der Waals surface area contributed by atoms with Gasteiger partial charge in [0.1, 0.15) is 5.75 Å². The fourth-order valence-electron chi connectivity index (χ4n) is 2.47. The predicted molar refractivity (Wildman–Crippen MR) is 113 cm³/mol. The molecule has 1 N–H and O–H groups in total. The molecule has 8 heteroatoms. The number of halogens is 1. The molecule has 2 aromatic rings. The van der Waals surface area contributed by atoms with Gasteiger partial charge in [-0.2, -0.15) is 0 Å². The van der Waals surface area contributed by atoms with Crippen LogP contribution in [0.4, 0.5) is 0 Å². The van der Waals surface area contributed by atoms with E-state index in [-0.39, 0.29) is 16.9 Å². The molecule has 0 aliphatic carbocycles. The zero-order valence-electron chi connectivity index (χ0n) is 16.4. The van der Waals surface area contributed by atoms with Crippen molar-refractivity contribution >= 4 is 31.9 Å². The van der Waals surface area contributed by atoms with Gasteiger partial charge in [-0.05, 0) is 72.1 Å². The van der Waals surface area contributed by atoms with Gasteiger partial charge in [-0.1, -0.05) is 12.1 Å². The molecule has 0 radical (unpaired) electrons. The molecule has 28 heavy (non-hydrogen) atoms. The van der Waals surface area contributed by atoms with Crippen LogP contribution in [0.3, 0.4) is 0 Å². The molecule has 0 heterocycles. The summed E-state index contributed by atoms with van der Waals surface area (Å²) in [7, 11) is -0.745. The Morgan fingerprint density at radius 1 is 1.14 bits per heavy atom. The van der Waals surface area contributed by atoms with Crippen molar-refractivity contribution in [3.8, 4) is 5.75 Å². The lowest BCUT2D eigenvalue weighted by Crippen LogP contribution is -2.27. The first-order chi connectivity index (χ1) is 13.1. The fourth-order valence-corrected chi connectivity index (χ4v) is 4.31. The first-order valence-electron chi connectivity index (χ1n) is 8.87. The number of sulfonamides is 1. The van der Waals surface area contributed by atoms with E-state index in [4.69, 9.17) is 4.74 Å². The van der Waals surface area contributed by atoms with Gasteiger partial charge in [-0.25, -0.2) is 12.7 Å². The SMILES string of the molecule is CC(C)Oc1ccc(CCNC(=O)c2ccc(Br)c(S(=O)(=O)N(C)C)c2)cc1. The smallest absolute Gasteiger partial charge is 0.251 e. The highest BCUT2D eigenvalue weighted by molar-refractivity contribution is 9.10. The first kappa shape index (κ1) is 22.4. The van der Waals surface area contributed by atoms with Crippen LogP contribution in [-0.2, 0) is 16.4 Å². The van der Waals surface area contributed by atoms with E-state index in [1.165, 1.54) is 20.2 Å². The number of nitrogens with zero attached hydrogens (tertiary/aromatic N) is 1. The molecule has 0 aliphatic heterocycles. The lowest BCUT2D eigenvalue weighted by molar-refractivity contribution is 0.0954. The monoisotopic (exact) mass is 468 g/mol. The Kier molecular flexibility index (Phi) is 7.63. The predicted octanol–water partition coefficient (Wildman–Crippen LogP) is 3.46. The number of carbonyl (C=O) groups excluding carboxylic acids is 1. The van der Waals surface area contributed by atoms with Crippen molar-refractivity contribution in [2.75, 3.05) is 20.6 Å². The van der Waals surface area contributed by atoms with Crippen LogP contribution in [0.2, 0.25) is 0 Å². The highest BCUT2D eigenvalue weighted by atomic mass is 79.9. The average molecular weight is 469 g/mol. The van der Waals surface area contributed by atoms with E-state index >= 15 is 0 Å².